The molecule has 0 unspecified atom stereocenters. The molecule has 1 aromatic carbocycles. The molecule has 0 spiro atoms. The monoisotopic (exact) mass is 364 g/mol. The highest BCUT2D eigenvalue weighted by Gasteiger charge is 2.18. The van der Waals surface area contributed by atoms with Gasteiger partial charge in [-0.25, -0.2) is 4.68 Å². The number of anilines is 1. The minimum Gasteiger partial charge on any atom is -0.346 e. The SMILES string of the molecule is O=C(C[C@H](c1ccsc1)n1cccc1)Nc1ccc(-n2cnnn2)cc1. The van der Waals surface area contributed by atoms with Gasteiger partial charge in [0.1, 0.15) is 6.33 Å². The molecule has 7 nitrogen and oxygen atoms in total. The van der Waals surface area contributed by atoms with Crippen molar-refractivity contribution in [2.75, 3.05) is 5.32 Å². The van der Waals surface area contributed by atoms with Gasteiger partial charge in [-0.3, -0.25) is 4.79 Å². The Morgan fingerprint density at radius 3 is 2.62 bits per heavy atom. The molecular formula is C18H16N6OS. The molecule has 0 aliphatic carbocycles. The van der Waals surface area contributed by atoms with Gasteiger partial charge in [0, 0.05) is 18.1 Å². The van der Waals surface area contributed by atoms with Crippen molar-refractivity contribution >= 4 is 22.9 Å². The van der Waals surface area contributed by atoms with Gasteiger partial charge < -0.3 is 9.88 Å². The quantitative estimate of drug-likeness (QED) is 0.570. The summed E-state index contributed by atoms with van der Waals surface area (Å²) >= 11 is 1.63. The first-order valence-electron chi connectivity index (χ1n) is 8.07. The summed E-state index contributed by atoms with van der Waals surface area (Å²) in [7, 11) is 0. The number of amides is 1. The van der Waals surface area contributed by atoms with Crippen LogP contribution >= 0.6 is 11.3 Å². The zero-order valence-corrected chi connectivity index (χ0v) is 14.6. The molecule has 8 heteroatoms. The maximum absolute atomic E-state index is 12.6. The first kappa shape index (κ1) is 16.2. The summed E-state index contributed by atoms with van der Waals surface area (Å²) in [4.78, 5) is 12.6. The summed E-state index contributed by atoms with van der Waals surface area (Å²) in [6.07, 6.45) is 5.85. The van der Waals surface area contributed by atoms with Crippen molar-refractivity contribution in [3.63, 3.8) is 0 Å². The van der Waals surface area contributed by atoms with Crippen molar-refractivity contribution in [3.8, 4) is 5.69 Å². The first-order valence-corrected chi connectivity index (χ1v) is 9.02. The summed E-state index contributed by atoms with van der Waals surface area (Å²) in [5.74, 6) is -0.0370. The Morgan fingerprint density at radius 1 is 1.15 bits per heavy atom. The fourth-order valence-electron chi connectivity index (χ4n) is 2.78. The smallest absolute Gasteiger partial charge is 0.226 e. The Bertz CT molecular complexity index is 912. The summed E-state index contributed by atoms with van der Waals surface area (Å²) < 4.78 is 3.62. The van der Waals surface area contributed by atoms with Gasteiger partial charge in [0.05, 0.1) is 18.2 Å². The number of aromatic nitrogens is 5. The molecule has 0 fully saturated rings. The first-order chi connectivity index (χ1) is 12.8. The number of rotatable bonds is 6. The molecule has 4 aromatic rings. The summed E-state index contributed by atoms with van der Waals surface area (Å²) in [6.45, 7) is 0. The van der Waals surface area contributed by atoms with E-state index in [1.165, 1.54) is 6.33 Å². The Hall–Kier alpha value is -3.26. The van der Waals surface area contributed by atoms with Crippen LogP contribution in [-0.4, -0.2) is 30.7 Å². The van der Waals surface area contributed by atoms with Crippen molar-refractivity contribution < 1.29 is 4.79 Å². The van der Waals surface area contributed by atoms with Gasteiger partial charge in [-0.1, -0.05) is 0 Å². The van der Waals surface area contributed by atoms with E-state index in [2.05, 4.69) is 36.9 Å². The summed E-state index contributed by atoms with van der Waals surface area (Å²) in [5, 5.41) is 18.1. The van der Waals surface area contributed by atoms with Crippen LogP contribution in [0.3, 0.4) is 0 Å². The van der Waals surface area contributed by atoms with Crippen molar-refractivity contribution in [1.82, 2.24) is 24.8 Å². The van der Waals surface area contributed by atoms with Crippen molar-refractivity contribution in [1.29, 1.82) is 0 Å². The fraction of sp³-hybridized carbons (Fsp3) is 0.111. The Morgan fingerprint density at radius 2 is 1.96 bits per heavy atom. The molecule has 1 atom stereocenters. The molecule has 0 bridgehead atoms. The minimum absolute atomic E-state index is 0.0169. The van der Waals surface area contributed by atoms with E-state index < -0.39 is 0 Å². The molecule has 1 N–H and O–H groups in total. The van der Waals surface area contributed by atoms with Crippen LogP contribution in [-0.2, 0) is 4.79 Å². The van der Waals surface area contributed by atoms with Gasteiger partial charge in [-0.15, -0.1) is 5.10 Å². The topological polar surface area (TPSA) is 77.6 Å². The van der Waals surface area contributed by atoms with Crippen LogP contribution in [0.5, 0.6) is 0 Å². The Labute approximate surface area is 153 Å². The van der Waals surface area contributed by atoms with Gasteiger partial charge in [-0.2, -0.15) is 11.3 Å². The molecule has 0 aliphatic rings. The predicted octanol–water partition coefficient (Wildman–Crippen LogP) is 3.14. The average Bonchev–Trinajstić information content (AvgIpc) is 3.44. The number of nitrogens with one attached hydrogen (secondary N) is 1. The molecule has 1 amide bonds. The van der Waals surface area contributed by atoms with E-state index in [1.54, 1.807) is 16.0 Å². The van der Waals surface area contributed by atoms with E-state index in [0.717, 1.165) is 16.9 Å². The van der Waals surface area contributed by atoms with Crippen LogP contribution < -0.4 is 5.32 Å². The van der Waals surface area contributed by atoms with Gasteiger partial charge >= 0.3 is 0 Å². The van der Waals surface area contributed by atoms with E-state index >= 15 is 0 Å². The molecule has 3 aromatic heterocycles. The molecule has 0 aliphatic heterocycles. The predicted molar refractivity (Wildman–Crippen MR) is 99.3 cm³/mol. The van der Waals surface area contributed by atoms with Crippen LogP contribution in [0.1, 0.15) is 18.0 Å². The van der Waals surface area contributed by atoms with Gasteiger partial charge in [0.15, 0.2) is 0 Å². The summed E-state index contributed by atoms with van der Waals surface area (Å²) in [6, 6.07) is 13.4. The number of nitrogens with zero attached hydrogens (tertiary/aromatic N) is 5. The third-order valence-corrected chi connectivity index (χ3v) is 4.76. The third kappa shape index (κ3) is 3.55. The number of carbonyl (C=O) groups excluding carboxylic acids is 1. The number of thiophene rings is 1. The number of tetrazole rings is 1. The lowest BCUT2D eigenvalue weighted by molar-refractivity contribution is -0.116. The van der Waals surface area contributed by atoms with Crippen molar-refractivity contribution in [3.05, 3.63) is 77.5 Å². The van der Waals surface area contributed by atoms with Crippen LogP contribution in [0.15, 0.2) is 71.9 Å². The average molecular weight is 364 g/mol. The van der Waals surface area contributed by atoms with Crippen LogP contribution in [0.2, 0.25) is 0 Å². The van der Waals surface area contributed by atoms with Crippen LogP contribution in [0.25, 0.3) is 5.69 Å². The van der Waals surface area contributed by atoms with E-state index in [-0.39, 0.29) is 11.9 Å². The largest absolute Gasteiger partial charge is 0.346 e. The highest BCUT2D eigenvalue weighted by molar-refractivity contribution is 7.08. The van der Waals surface area contributed by atoms with E-state index in [0.29, 0.717) is 6.42 Å². The zero-order valence-electron chi connectivity index (χ0n) is 13.8. The molecule has 0 saturated carbocycles. The van der Waals surface area contributed by atoms with Crippen LogP contribution in [0.4, 0.5) is 5.69 Å². The summed E-state index contributed by atoms with van der Waals surface area (Å²) in [5.41, 5.74) is 2.70. The van der Waals surface area contributed by atoms with Crippen molar-refractivity contribution in [2.24, 2.45) is 0 Å². The molecule has 0 radical (unpaired) electrons. The Kier molecular flexibility index (Phi) is 4.57. The maximum Gasteiger partial charge on any atom is 0.226 e. The minimum atomic E-state index is -0.0370. The second kappa shape index (κ2) is 7.32. The lowest BCUT2D eigenvalue weighted by Crippen LogP contribution is -2.19. The van der Waals surface area contributed by atoms with Crippen LogP contribution in [0, 0.1) is 0 Å². The number of hydrogen-bond donors (Lipinski definition) is 1. The molecule has 4 rings (SSSR count). The molecule has 26 heavy (non-hydrogen) atoms. The lowest BCUT2D eigenvalue weighted by Gasteiger charge is -2.18. The number of carbonyl (C=O) groups is 1. The molecule has 130 valence electrons. The van der Waals surface area contributed by atoms with Gasteiger partial charge in [-0.05, 0) is 69.2 Å². The standard InChI is InChI=1S/C18H16N6OS/c25-18(11-17(14-7-10-26-12-14)23-8-1-2-9-23)20-15-3-5-16(6-4-15)24-13-19-21-22-24/h1-10,12-13,17H,11H2,(H,20,25)/t17-/m1/s1. The van der Waals surface area contributed by atoms with E-state index in [1.807, 2.05) is 54.2 Å². The van der Waals surface area contributed by atoms with E-state index in [4.69, 9.17) is 0 Å². The maximum atomic E-state index is 12.6. The van der Waals surface area contributed by atoms with Gasteiger partial charge in [0.2, 0.25) is 5.91 Å². The van der Waals surface area contributed by atoms with Gasteiger partial charge in [0.25, 0.3) is 0 Å². The van der Waals surface area contributed by atoms with E-state index in [9.17, 15) is 4.79 Å². The number of hydrogen-bond acceptors (Lipinski definition) is 5. The fourth-order valence-corrected chi connectivity index (χ4v) is 3.49. The second-order valence-corrected chi connectivity index (χ2v) is 6.54. The highest BCUT2D eigenvalue weighted by Crippen LogP contribution is 2.25. The lowest BCUT2D eigenvalue weighted by atomic mass is 10.1. The second-order valence-electron chi connectivity index (χ2n) is 5.76. The highest BCUT2D eigenvalue weighted by atomic mass is 32.1. The molecule has 0 saturated heterocycles. The Balaban J connectivity index is 1.45. The number of benzene rings is 1. The molecule has 3 heterocycles. The normalized spacial score (nSPS) is 12.0. The zero-order chi connectivity index (χ0) is 17.8. The van der Waals surface area contributed by atoms with Crippen molar-refractivity contribution in [2.45, 2.75) is 12.5 Å². The molecular weight excluding hydrogens is 348 g/mol. The third-order valence-electron chi connectivity index (χ3n) is 4.06.